The molecule has 0 amide bonds. The van der Waals surface area contributed by atoms with Crippen LogP contribution in [0.2, 0.25) is 0 Å². The number of hydrogen-bond donors (Lipinski definition) is 0. The third-order valence-electron chi connectivity index (χ3n) is 4.28. The Labute approximate surface area is 122 Å². The summed E-state index contributed by atoms with van der Waals surface area (Å²) in [5, 5.41) is 0. The maximum Gasteiger partial charge on any atom is 0.125 e. The van der Waals surface area contributed by atoms with Gasteiger partial charge in [-0.2, -0.15) is 0 Å². The first-order valence-corrected chi connectivity index (χ1v) is 8.05. The molecule has 2 aliphatic heterocycles. The molecule has 4 rings (SSSR count). The minimum atomic E-state index is -0.128. The zero-order valence-corrected chi connectivity index (χ0v) is 12.0. The van der Waals surface area contributed by atoms with Crippen LogP contribution in [0.15, 0.2) is 47.4 Å². The Balaban J connectivity index is 1.59. The second kappa shape index (κ2) is 4.81. The third kappa shape index (κ3) is 2.01. The quantitative estimate of drug-likeness (QED) is 0.818. The van der Waals surface area contributed by atoms with E-state index in [1.165, 1.54) is 16.0 Å². The van der Waals surface area contributed by atoms with Crippen molar-refractivity contribution in [1.82, 2.24) is 0 Å². The number of rotatable bonds is 2. The van der Waals surface area contributed by atoms with Gasteiger partial charge in [0.25, 0.3) is 0 Å². The lowest BCUT2D eigenvalue weighted by Crippen LogP contribution is -2.26. The van der Waals surface area contributed by atoms with Crippen LogP contribution in [0.5, 0.6) is 0 Å². The van der Waals surface area contributed by atoms with Crippen LogP contribution in [-0.2, 0) is 6.42 Å². The predicted molar refractivity (Wildman–Crippen MR) is 82.2 cm³/mol. The van der Waals surface area contributed by atoms with Crippen LogP contribution in [0, 0.1) is 5.82 Å². The minimum Gasteiger partial charge on any atom is -0.370 e. The van der Waals surface area contributed by atoms with Gasteiger partial charge in [0.05, 0.1) is 0 Å². The van der Waals surface area contributed by atoms with Crippen LogP contribution in [-0.4, -0.2) is 18.8 Å². The molecule has 0 N–H and O–H groups in total. The van der Waals surface area contributed by atoms with E-state index in [9.17, 15) is 4.39 Å². The maximum atomic E-state index is 13.5. The van der Waals surface area contributed by atoms with Crippen molar-refractivity contribution in [2.45, 2.75) is 17.2 Å². The van der Waals surface area contributed by atoms with Gasteiger partial charge in [0.2, 0.25) is 0 Å². The molecule has 1 nitrogen and oxygen atoms in total. The van der Waals surface area contributed by atoms with E-state index in [2.05, 4.69) is 29.2 Å². The number of fused-ring (bicyclic) bond motifs is 2. The van der Waals surface area contributed by atoms with Crippen molar-refractivity contribution >= 4 is 17.4 Å². The van der Waals surface area contributed by atoms with E-state index in [-0.39, 0.29) is 5.82 Å². The summed E-state index contributed by atoms with van der Waals surface area (Å²) in [6.07, 6.45) is 1.04. The number of benzene rings is 2. The molecule has 2 aromatic carbocycles. The molecule has 0 spiro atoms. The van der Waals surface area contributed by atoms with Crippen molar-refractivity contribution < 1.29 is 4.39 Å². The van der Waals surface area contributed by atoms with Gasteiger partial charge >= 0.3 is 0 Å². The Hall–Kier alpha value is -1.48. The van der Waals surface area contributed by atoms with E-state index in [1.807, 2.05) is 17.8 Å². The Bertz CT molecular complexity index is 655. The number of halogens is 1. The minimum absolute atomic E-state index is 0.128. The normalized spacial score (nSPS) is 20.1. The highest BCUT2D eigenvalue weighted by Crippen LogP contribution is 2.41. The lowest BCUT2D eigenvalue weighted by Gasteiger charge is -2.23. The molecule has 20 heavy (non-hydrogen) atoms. The van der Waals surface area contributed by atoms with E-state index in [4.69, 9.17) is 0 Å². The fourth-order valence-electron chi connectivity index (χ4n) is 3.25. The fourth-order valence-corrected chi connectivity index (χ4v) is 4.50. The summed E-state index contributed by atoms with van der Waals surface area (Å²) in [5.74, 6) is 1.57. The molecule has 0 radical (unpaired) electrons. The zero-order chi connectivity index (χ0) is 13.5. The van der Waals surface area contributed by atoms with Gasteiger partial charge in [-0.25, -0.2) is 4.39 Å². The standard InChI is InChI=1S/C17H16FNS/c18-14-6-5-12-7-8-19(16(12)9-14)10-13-11-20-17-4-2-1-3-15(13)17/h1-6,9,13H,7-8,10-11H2. The first-order valence-electron chi connectivity index (χ1n) is 7.06. The summed E-state index contributed by atoms with van der Waals surface area (Å²) in [6, 6.07) is 13.9. The van der Waals surface area contributed by atoms with E-state index in [0.29, 0.717) is 5.92 Å². The number of hydrogen-bond acceptors (Lipinski definition) is 2. The van der Waals surface area contributed by atoms with Crippen molar-refractivity contribution in [2.24, 2.45) is 0 Å². The monoisotopic (exact) mass is 285 g/mol. The van der Waals surface area contributed by atoms with Gasteiger partial charge < -0.3 is 4.90 Å². The van der Waals surface area contributed by atoms with Crippen molar-refractivity contribution in [2.75, 3.05) is 23.7 Å². The molecule has 0 aromatic heterocycles. The highest BCUT2D eigenvalue weighted by Gasteiger charge is 2.27. The van der Waals surface area contributed by atoms with Gasteiger partial charge in [0.15, 0.2) is 0 Å². The molecular weight excluding hydrogens is 269 g/mol. The molecular formula is C17H16FNS. The van der Waals surface area contributed by atoms with Crippen LogP contribution in [0.1, 0.15) is 17.0 Å². The molecule has 1 unspecified atom stereocenters. The molecule has 3 heteroatoms. The molecule has 0 saturated heterocycles. The fraction of sp³-hybridized carbons (Fsp3) is 0.294. The van der Waals surface area contributed by atoms with Gasteiger partial charge in [-0.3, -0.25) is 0 Å². The van der Waals surface area contributed by atoms with Gasteiger partial charge in [-0.05, 0) is 35.7 Å². The predicted octanol–water partition coefficient (Wildman–Crippen LogP) is 4.08. The number of nitrogens with zero attached hydrogens (tertiary/aromatic N) is 1. The third-order valence-corrected chi connectivity index (χ3v) is 5.53. The first kappa shape index (κ1) is 12.3. The van der Waals surface area contributed by atoms with E-state index < -0.39 is 0 Å². The van der Waals surface area contributed by atoms with Gasteiger partial charge in [0.1, 0.15) is 5.82 Å². The molecule has 0 saturated carbocycles. The van der Waals surface area contributed by atoms with Crippen LogP contribution in [0.3, 0.4) is 0 Å². The van der Waals surface area contributed by atoms with Gasteiger partial charge in [-0.1, -0.05) is 24.3 Å². The summed E-state index contributed by atoms with van der Waals surface area (Å²) in [7, 11) is 0. The Morgan fingerprint density at radius 3 is 3.05 bits per heavy atom. The topological polar surface area (TPSA) is 3.24 Å². The lowest BCUT2D eigenvalue weighted by atomic mass is 10.0. The van der Waals surface area contributed by atoms with Gasteiger partial charge in [-0.15, -0.1) is 11.8 Å². The van der Waals surface area contributed by atoms with E-state index >= 15 is 0 Å². The average molecular weight is 285 g/mol. The van der Waals surface area contributed by atoms with Gasteiger partial charge in [0, 0.05) is 35.3 Å². The van der Waals surface area contributed by atoms with Crippen molar-refractivity contribution in [3.8, 4) is 0 Å². The smallest absolute Gasteiger partial charge is 0.125 e. The second-order valence-corrected chi connectivity index (χ2v) is 6.58. The molecule has 1 atom stereocenters. The lowest BCUT2D eigenvalue weighted by molar-refractivity contribution is 0.626. The first-order chi connectivity index (χ1) is 9.81. The number of thioether (sulfide) groups is 1. The average Bonchev–Trinajstić information content (AvgIpc) is 3.05. The highest BCUT2D eigenvalue weighted by molar-refractivity contribution is 7.99. The second-order valence-electron chi connectivity index (χ2n) is 5.51. The molecule has 2 aliphatic rings. The van der Waals surface area contributed by atoms with Crippen molar-refractivity contribution in [3.63, 3.8) is 0 Å². The van der Waals surface area contributed by atoms with Crippen LogP contribution in [0.4, 0.5) is 10.1 Å². The van der Waals surface area contributed by atoms with Crippen LogP contribution < -0.4 is 4.90 Å². The maximum absolute atomic E-state index is 13.5. The Morgan fingerprint density at radius 1 is 1.20 bits per heavy atom. The van der Waals surface area contributed by atoms with E-state index in [1.54, 1.807) is 12.1 Å². The molecule has 2 aromatic rings. The summed E-state index contributed by atoms with van der Waals surface area (Å²) in [5.41, 5.74) is 3.84. The van der Waals surface area contributed by atoms with Crippen molar-refractivity contribution in [3.05, 3.63) is 59.4 Å². The molecule has 102 valence electrons. The Morgan fingerprint density at radius 2 is 2.10 bits per heavy atom. The summed E-state index contributed by atoms with van der Waals surface area (Å²) in [4.78, 5) is 3.77. The van der Waals surface area contributed by atoms with Crippen molar-refractivity contribution in [1.29, 1.82) is 0 Å². The Kier molecular flexibility index (Phi) is 2.95. The largest absolute Gasteiger partial charge is 0.370 e. The summed E-state index contributed by atoms with van der Waals surface area (Å²) < 4.78 is 13.5. The highest BCUT2D eigenvalue weighted by atomic mass is 32.2. The van der Waals surface area contributed by atoms with Crippen LogP contribution in [0.25, 0.3) is 0 Å². The molecule has 0 bridgehead atoms. The zero-order valence-electron chi connectivity index (χ0n) is 11.2. The van der Waals surface area contributed by atoms with Crippen LogP contribution >= 0.6 is 11.8 Å². The molecule has 2 heterocycles. The summed E-state index contributed by atoms with van der Waals surface area (Å²) >= 11 is 1.94. The van der Waals surface area contributed by atoms with E-state index in [0.717, 1.165) is 31.0 Å². The SMILES string of the molecule is Fc1ccc2c(c1)N(CC1CSc3ccccc31)CC2. The summed E-state index contributed by atoms with van der Waals surface area (Å²) in [6.45, 7) is 2.02. The number of anilines is 1. The molecule has 0 fully saturated rings. The molecule has 0 aliphatic carbocycles.